The number of carboxylic acids is 1. The number of hydrogen-bond acceptors (Lipinski definition) is 2. The van der Waals surface area contributed by atoms with Gasteiger partial charge in [-0.3, -0.25) is 0 Å². The van der Waals surface area contributed by atoms with Crippen LogP contribution in [0.2, 0.25) is 5.02 Å². The first-order valence-electron chi connectivity index (χ1n) is 5.47. The van der Waals surface area contributed by atoms with E-state index in [1.54, 1.807) is 30.3 Å². The van der Waals surface area contributed by atoms with Crippen LogP contribution in [0.25, 0.3) is 0 Å². The van der Waals surface area contributed by atoms with Gasteiger partial charge in [-0.25, -0.2) is 9.18 Å². The van der Waals surface area contributed by atoms with Crippen LogP contribution in [0, 0.1) is 5.82 Å². The van der Waals surface area contributed by atoms with Crippen LogP contribution in [-0.4, -0.2) is 11.1 Å². The molecule has 19 heavy (non-hydrogen) atoms. The molecule has 0 aliphatic heterocycles. The van der Waals surface area contributed by atoms with E-state index in [0.717, 1.165) is 4.90 Å². The third-order valence-corrected chi connectivity index (χ3v) is 3.90. The third-order valence-electron chi connectivity index (χ3n) is 2.53. The van der Waals surface area contributed by atoms with Crippen molar-refractivity contribution in [3.05, 3.63) is 64.4 Å². The van der Waals surface area contributed by atoms with Crippen LogP contribution < -0.4 is 0 Å². The molecule has 2 aromatic carbocycles. The summed E-state index contributed by atoms with van der Waals surface area (Å²) in [7, 11) is 0. The van der Waals surface area contributed by atoms with Crippen LogP contribution in [0.3, 0.4) is 0 Å². The van der Waals surface area contributed by atoms with Gasteiger partial charge in [0.1, 0.15) is 5.82 Å². The van der Waals surface area contributed by atoms with E-state index in [1.807, 2.05) is 0 Å². The Bertz CT molecular complexity index is 596. The molecule has 0 unspecified atom stereocenters. The van der Waals surface area contributed by atoms with Crippen LogP contribution in [0.4, 0.5) is 4.39 Å². The minimum Gasteiger partial charge on any atom is -0.478 e. The Morgan fingerprint density at radius 2 is 2.00 bits per heavy atom. The summed E-state index contributed by atoms with van der Waals surface area (Å²) in [4.78, 5) is 11.6. The largest absolute Gasteiger partial charge is 0.478 e. The van der Waals surface area contributed by atoms with E-state index in [4.69, 9.17) is 16.7 Å². The van der Waals surface area contributed by atoms with Crippen LogP contribution in [0.15, 0.2) is 47.4 Å². The number of aromatic carboxylic acids is 1. The second-order valence-corrected chi connectivity index (χ2v) is 5.28. The molecule has 0 aliphatic carbocycles. The number of rotatable bonds is 4. The molecule has 0 radical (unpaired) electrons. The lowest BCUT2D eigenvalue weighted by Gasteiger charge is -2.06. The van der Waals surface area contributed by atoms with E-state index in [9.17, 15) is 9.18 Å². The van der Waals surface area contributed by atoms with Gasteiger partial charge in [-0.1, -0.05) is 23.7 Å². The van der Waals surface area contributed by atoms with E-state index in [-0.39, 0.29) is 11.4 Å². The van der Waals surface area contributed by atoms with Gasteiger partial charge in [0, 0.05) is 21.2 Å². The molecule has 0 saturated heterocycles. The van der Waals surface area contributed by atoms with Crippen molar-refractivity contribution in [2.24, 2.45) is 0 Å². The summed E-state index contributed by atoms with van der Waals surface area (Å²) in [6, 6.07) is 11.1. The average molecular weight is 297 g/mol. The molecule has 0 aliphatic rings. The Morgan fingerprint density at radius 1 is 1.26 bits per heavy atom. The fourth-order valence-electron chi connectivity index (χ4n) is 1.54. The maximum atomic E-state index is 13.6. The Labute approximate surface area is 119 Å². The van der Waals surface area contributed by atoms with E-state index in [2.05, 4.69) is 0 Å². The minimum atomic E-state index is -0.980. The number of benzene rings is 2. The van der Waals surface area contributed by atoms with Crippen molar-refractivity contribution < 1.29 is 14.3 Å². The molecular formula is C14H10ClFO2S. The molecule has 0 heterocycles. The zero-order valence-electron chi connectivity index (χ0n) is 9.77. The molecule has 0 spiro atoms. The Hall–Kier alpha value is -1.52. The number of hydrogen-bond donors (Lipinski definition) is 1. The van der Waals surface area contributed by atoms with Crippen molar-refractivity contribution in [1.29, 1.82) is 0 Å². The van der Waals surface area contributed by atoms with Crippen LogP contribution in [0.5, 0.6) is 0 Å². The molecule has 2 aromatic rings. The fourth-order valence-corrected chi connectivity index (χ4v) is 2.84. The van der Waals surface area contributed by atoms with Crippen LogP contribution in [0.1, 0.15) is 15.9 Å². The SMILES string of the molecule is O=C(O)c1cccc(SCc2c(F)cccc2Cl)c1. The molecule has 1 N–H and O–H groups in total. The van der Waals surface area contributed by atoms with E-state index in [0.29, 0.717) is 16.3 Å². The minimum absolute atomic E-state index is 0.213. The Kier molecular flexibility index (Phi) is 4.45. The second kappa shape index (κ2) is 6.08. The lowest BCUT2D eigenvalue weighted by molar-refractivity contribution is 0.0696. The highest BCUT2D eigenvalue weighted by atomic mass is 35.5. The van der Waals surface area contributed by atoms with Crippen LogP contribution in [-0.2, 0) is 5.75 Å². The zero-order valence-corrected chi connectivity index (χ0v) is 11.3. The molecule has 0 atom stereocenters. The summed E-state index contributed by atoms with van der Waals surface area (Å²) in [6.45, 7) is 0. The van der Waals surface area contributed by atoms with E-state index >= 15 is 0 Å². The van der Waals surface area contributed by atoms with Crippen LogP contribution >= 0.6 is 23.4 Å². The van der Waals surface area contributed by atoms with Crippen molar-refractivity contribution in [2.75, 3.05) is 0 Å². The van der Waals surface area contributed by atoms with Gasteiger partial charge in [-0.05, 0) is 30.3 Å². The smallest absolute Gasteiger partial charge is 0.335 e. The molecular weight excluding hydrogens is 287 g/mol. The summed E-state index contributed by atoms with van der Waals surface area (Å²) in [6.07, 6.45) is 0. The number of thioether (sulfide) groups is 1. The van der Waals surface area contributed by atoms with Gasteiger partial charge < -0.3 is 5.11 Å². The molecule has 2 rings (SSSR count). The van der Waals surface area contributed by atoms with Gasteiger partial charge >= 0.3 is 5.97 Å². The number of carboxylic acid groups (broad SMARTS) is 1. The summed E-state index contributed by atoms with van der Waals surface area (Å²) in [5.74, 6) is -0.977. The predicted molar refractivity (Wildman–Crippen MR) is 74.4 cm³/mol. The normalized spacial score (nSPS) is 10.4. The summed E-state index contributed by atoms with van der Waals surface area (Å²) in [5, 5.41) is 9.27. The first-order chi connectivity index (χ1) is 9.08. The van der Waals surface area contributed by atoms with E-state index < -0.39 is 5.97 Å². The molecule has 0 aromatic heterocycles. The molecule has 5 heteroatoms. The van der Waals surface area contributed by atoms with Crippen molar-refractivity contribution in [3.8, 4) is 0 Å². The number of carbonyl (C=O) groups is 1. The quantitative estimate of drug-likeness (QED) is 0.846. The highest BCUT2D eigenvalue weighted by molar-refractivity contribution is 7.98. The Balaban J connectivity index is 2.15. The van der Waals surface area contributed by atoms with Gasteiger partial charge in [0.2, 0.25) is 0 Å². The lowest BCUT2D eigenvalue weighted by atomic mass is 10.2. The van der Waals surface area contributed by atoms with E-state index in [1.165, 1.54) is 23.9 Å². The van der Waals surface area contributed by atoms with Gasteiger partial charge in [0.05, 0.1) is 5.56 Å². The fraction of sp³-hybridized carbons (Fsp3) is 0.0714. The van der Waals surface area contributed by atoms with Crippen molar-refractivity contribution >= 4 is 29.3 Å². The topological polar surface area (TPSA) is 37.3 Å². The van der Waals surface area contributed by atoms with Gasteiger partial charge in [0.15, 0.2) is 0 Å². The number of halogens is 2. The van der Waals surface area contributed by atoms with Gasteiger partial charge in [0.25, 0.3) is 0 Å². The van der Waals surface area contributed by atoms with Gasteiger partial charge in [-0.15, -0.1) is 11.8 Å². The van der Waals surface area contributed by atoms with Crippen molar-refractivity contribution in [3.63, 3.8) is 0 Å². The standard InChI is InChI=1S/C14H10ClFO2S/c15-12-5-2-6-13(16)11(12)8-19-10-4-1-3-9(7-10)14(17)18/h1-7H,8H2,(H,17,18). The Morgan fingerprint density at radius 3 is 2.68 bits per heavy atom. The molecule has 0 bridgehead atoms. The summed E-state index contributed by atoms with van der Waals surface area (Å²) in [5.41, 5.74) is 0.638. The first kappa shape index (κ1) is 13.9. The highest BCUT2D eigenvalue weighted by Crippen LogP contribution is 2.28. The highest BCUT2D eigenvalue weighted by Gasteiger charge is 2.08. The van der Waals surface area contributed by atoms with Crippen molar-refractivity contribution in [2.45, 2.75) is 10.6 Å². The zero-order chi connectivity index (χ0) is 13.8. The molecule has 0 fully saturated rings. The monoisotopic (exact) mass is 296 g/mol. The summed E-state index contributed by atoms with van der Waals surface area (Å²) < 4.78 is 13.6. The third kappa shape index (κ3) is 3.49. The maximum absolute atomic E-state index is 13.6. The lowest BCUT2D eigenvalue weighted by Crippen LogP contribution is -1.95. The van der Waals surface area contributed by atoms with Gasteiger partial charge in [-0.2, -0.15) is 0 Å². The molecule has 0 amide bonds. The summed E-state index contributed by atoms with van der Waals surface area (Å²) >= 11 is 7.28. The second-order valence-electron chi connectivity index (χ2n) is 3.82. The molecule has 0 saturated carbocycles. The average Bonchev–Trinajstić information content (AvgIpc) is 2.38. The maximum Gasteiger partial charge on any atom is 0.335 e. The first-order valence-corrected chi connectivity index (χ1v) is 6.83. The molecule has 98 valence electrons. The predicted octanol–water partition coefficient (Wildman–Crippen LogP) is 4.47. The molecule has 2 nitrogen and oxygen atoms in total. The van der Waals surface area contributed by atoms with Crippen molar-refractivity contribution in [1.82, 2.24) is 0 Å².